The van der Waals surface area contributed by atoms with Gasteiger partial charge in [0, 0.05) is 18.0 Å². The van der Waals surface area contributed by atoms with Gasteiger partial charge in [0.2, 0.25) is 0 Å². The number of hydrogen-bond donors (Lipinski definition) is 1. The van der Waals surface area contributed by atoms with Crippen LogP contribution in [0, 0.1) is 0 Å². The van der Waals surface area contributed by atoms with Crippen LogP contribution in [0.15, 0.2) is 34.7 Å². The van der Waals surface area contributed by atoms with Crippen LogP contribution in [-0.4, -0.2) is 19.2 Å². The van der Waals surface area contributed by atoms with Crippen LogP contribution < -0.4 is 5.32 Å². The van der Waals surface area contributed by atoms with Crippen molar-refractivity contribution in [2.24, 2.45) is 0 Å². The van der Waals surface area contributed by atoms with Gasteiger partial charge in [-0.3, -0.25) is 0 Å². The summed E-state index contributed by atoms with van der Waals surface area (Å²) in [6.07, 6.45) is 2.17. The molecule has 3 nitrogen and oxygen atoms in total. The fourth-order valence-corrected chi connectivity index (χ4v) is 2.63. The number of ether oxygens (including phenoxy) is 1. The zero-order chi connectivity index (χ0) is 12.4. The highest BCUT2D eigenvalue weighted by atomic mass is 16.5. The maximum absolute atomic E-state index is 5.88. The molecule has 3 heteroatoms. The van der Waals surface area contributed by atoms with Gasteiger partial charge in [-0.05, 0) is 31.5 Å². The molecule has 0 radical (unpaired) electrons. The van der Waals surface area contributed by atoms with Crippen molar-refractivity contribution in [1.29, 1.82) is 0 Å². The van der Waals surface area contributed by atoms with Crippen LogP contribution in [-0.2, 0) is 4.74 Å². The van der Waals surface area contributed by atoms with Gasteiger partial charge in [0.15, 0.2) is 0 Å². The third-order valence-corrected chi connectivity index (χ3v) is 3.54. The lowest BCUT2D eigenvalue weighted by atomic mass is 10.0. The Morgan fingerprint density at radius 1 is 1.33 bits per heavy atom. The smallest absolute Gasteiger partial charge is 0.134 e. The molecule has 0 aliphatic carbocycles. The maximum Gasteiger partial charge on any atom is 0.134 e. The van der Waals surface area contributed by atoms with E-state index in [-0.39, 0.29) is 6.10 Å². The highest BCUT2D eigenvalue weighted by Crippen LogP contribution is 2.32. The first-order valence-corrected chi connectivity index (χ1v) is 6.70. The minimum Gasteiger partial charge on any atom is -0.458 e. The van der Waals surface area contributed by atoms with E-state index in [1.165, 1.54) is 0 Å². The summed E-state index contributed by atoms with van der Waals surface area (Å²) in [5.74, 6) is 0.957. The summed E-state index contributed by atoms with van der Waals surface area (Å²) in [6.45, 7) is 3.96. The molecule has 2 atom stereocenters. The van der Waals surface area contributed by atoms with Crippen LogP contribution in [0.4, 0.5) is 0 Å². The normalized spacial score (nSPS) is 24.5. The fourth-order valence-electron chi connectivity index (χ4n) is 2.63. The number of hydrogen-bond acceptors (Lipinski definition) is 3. The monoisotopic (exact) mass is 245 g/mol. The quantitative estimate of drug-likeness (QED) is 0.901. The van der Waals surface area contributed by atoms with Crippen LogP contribution in [0.3, 0.4) is 0 Å². The third-order valence-electron chi connectivity index (χ3n) is 3.54. The fraction of sp³-hybridized carbons (Fsp3) is 0.467. The molecule has 2 heterocycles. The predicted molar refractivity (Wildman–Crippen MR) is 71.6 cm³/mol. The Morgan fingerprint density at radius 3 is 3.06 bits per heavy atom. The molecule has 18 heavy (non-hydrogen) atoms. The molecule has 1 saturated heterocycles. The van der Waals surface area contributed by atoms with E-state index >= 15 is 0 Å². The van der Waals surface area contributed by atoms with Gasteiger partial charge in [-0.15, -0.1) is 0 Å². The Bertz CT molecular complexity index is 485. The van der Waals surface area contributed by atoms with Crippen molar-refractivity contribution in [3.05, 3.63) is 36.1 Å². The molecule has 2 unspecified atom stereocenters. The van der Waals surface area contributed by atoms with Crippen molar-refractivity contribution in [3.8, 4) is 0 Å². The summed E-state index contributed by atoms with van der Waals surface area (Å²) in [5, 5.41) is 4.65. The van der Waals surface area contributed by atoms with E-state index in [2.05, 4.69) is 24.4 Å². The van der Waals surface area contributed by atoms with E-state index in [9.17, 15) is 0 Å². The van der Waals surface area contributed by atoms with Crippen LogP contribution >= 0.6 is 0 Å². The average Bonchev–Trinajstić information content (AvgIpc) is 2.83. The molecule has 3 rings (SSSR count). The number of rotatable bonds is 3. The first-order valence-electron chi connectivity index (χ1n) is 6.70. The minimum absolute atomic E-state index is 0.0928. The van der Waals surface area contributed by atoms with E-state index in [4.69, 9.17) is 9.15 Å². The molecule has 96 valence electrons. The van der Waals surface area contributed by atoms with E-state index in [0.29, 0.717) is 6.04 Å². The summed E-state index contributed by atoms with van der Waals surface area (Å²) in [4.78, 5) is 0. The largest absolute Gasteiger partial charge is 0.458 e. The molecule has 0 spiro atoms. The number of nitrogens with one attached hydrogen (secondary N) is 1. The van der Waals surface area contributed by atoms with Gasteiger partial charge < -0.3 is 14.5 Å². The molecule has 0 amide bonds. The highest BCUT2D eigenvalue weighted by molar-refractivity contribution is 5.77. The predicted octanol–water partition coefficient (Wildman–Crippen LogP) is 3.26. The standard InChI is InChI=1S/C15H19NO2/c1-2-16-12-7-8-17-14(10-12)15-9-11-5-3-4-6-13(11)18-15/h3-6,9,12,14,16H,2,7-8,10H2,1H3. The lowest BCUT2D eigenvalue weighted by Gasteiger charge is -2.28. The second kappa shape index (κ2) is 5.12. The van der Waals surface area contributed by atoms with Crippen molar-refractivity contribution in [2.45, 2.75) is 31.9 Å². The van der Waals surface area contributed by atoms with E-state index in [0.717, 1.165) is 42.7 Å². The SMILES string of the molecule is CCNC1CCOC(c2cc3ccccc3o2)C1. The molecule has 1 aromatic heterocycles. The molecule has 0 saturated carbocycles. The average molecular weight is 245 g/mol. The van der Waals surface area contributed by atoms with Crippen LogP contribution in [0.5, 0.6) is 0 Å². The van der Waals surface area contributed by atoms with Crippen molar-refractivity contribution < 1.29 is 9.15 Å². The molecule has 1 aliphatic heterocycles. The first kappa shape index (κ1) is 11.8. The molecule has 1 aliphatic rings. The summed E-state index contributed by atoms with van der Waals surface area (Å²) in [7, 11) is 0. The van der Waals surface area contributed by atoms with Crippen LogP contribution in [0.2, 0.25) is 0 Å². The minimum atomic E-state index is 0.0928. The highest BCUT2D eigenvalue weighted by Gasteiger charge is 2.25. The lowest BCUT2D eigenvalue weighted by molar-refractivity contribution is -0.0107. The lowest BCUT2D eigenvalue weighted by Crippen LogP contribution is -2.35. The third kappa shape index (κ3) is 2.28. The Morgan fingerprint density at radius 2 is 2.22 bits per heavy atom. The number of para-hydroxylation sites is 1. The van der Waals surface area contributed by atoms with Crippen molar-refractivity contribution in [2.75, 3.05) is 13.2 Å². The molecule has 2 aromatic rings. The van der Waals surface area contributed by atoms with E-state index in [1.807, 2.05) is 18.2 Å². The Balaban J connectivity index is 1.80. The molecule has 1 fully saturated rings. The molecule has 1 N–H and O–H groups in total. The van der Waals surface area contributed by atoms with Gasteiger partial charge in [0.05, 0.1) is 0 Å². The Hall–Kier alpha value is -1.32. The zero-order valence-electron chi connectivity index (χ0n) is 10.7. The molecular formula is C15H19NO2. The van der Waals surface area contributed by atoms with Gasteiger partial charge in [-0.1, -0.05) is 25.1 Å². The van der Waals surface area contributed by atoms with Crippen LogP contribution in [0.1, 0.15) is 31.6 Å². The Labute approximate surface area is 107 Å². The first-order chi connectivity index (χ1) is 8.86. The summed E-state index contributed by atoms with van der Waals surface area (Å²) < 4.78 is 11.7. The molecule has 0 bridgehead atoms. The number of furan rings is 1. The number of fused-ring (bicyclic) bond motifs is 1. The molecular weight excluding hydrogens is 226 g/mol. The topological polar surface area (TPSA) is 34.4 Å². The number of benzene rings is 1. The van der Waals surface area contributed by atoms with Crippen molar-refractivity contribution >= 4 is 11.0 Å². The maximum atomic E-state index is 5.88. The Kier molecular flexibility index (Phi) is 3.35. The summed E-state index contributed by atoms with van der Waals surface area (Å²) in [5.41, 5.74) is 0.946. The van der Waals surface area contributed by atoms with Gasteiger partial charge in [-0.25, -0.2) is 0 Å². The van der Waals surface area contributed by atoms with Gasteiger partial charge in [0.1, 0.15) is 17.4 Å². The summed E-state index contributed by atoms with van der Waals surface area (Å²) >= 11 is 0. The van der Waals surface area contributed by atoms with E-state index < -0.39 is 0 Å². The second-order valence-electron chi connectivity index (χ2n) is 4.83. The van der Waals surface area contributed by atoms with E-state index in [1.54, 1.807) is 0 Å². The second-order valence-corrected chi connectivity index (χ2v) is 4.83. The summed E-state index contributed by atoms with van der Waals surface area (Å²) in [6, 6.07) is 10.8. The van der Waals surface area contributed by atoms with Crippen molar-refractivity contribution in [3.63, 3.8) is 0 Å². The van der Waals surface area contributed by atoms with Gasteiger partial charge in [0.25, 0.3) is 0 Å². The van der Waals surface area contributed by atoms with Crippen molar-refractivity contribution in [1.82, 2.24) is 5.32 Å². The van der Waals surface area contributed by atoms with Gasteiger partial charge >= 0.3 is 0 Å². The zero-order valence-corrected chi connectivity index (χ0v) is 10.7. The molecule has 1 aromatic carbocycles. The van der Waals surface area contributed by atoms with Crippen LogP contribution in [0.25, 0.3) is 11.0 Å². The van der Waals surface area contributed by atoms with Gasteiger partial charge in [-0.2, -0.15) is 0 Å².